The molecule has 3 nitrogen and oxygen atoms in total. The molecule has 0 N–H and O–H groups in total. The van der Waals surface area contributed by atoms with E-state index in [1.807, 2.05) is 13.8 Å². The minimum absolute atomic E-state index is 0.149. The number of ether oxygens (including phenoxy) is 1. The molecule has 2 rings (SSSR count). The van der Waals surface area contributed by atoms with Gasteiger partial charge in [0.1, 0.15) is 0 Å². The SMILES string of the molecule is CC1(C)CN(C(=O)c2cc(Cl)ccc2Cl)CC(CCl)O1. The second-order valence-corrected chi connectivity index (χ2v) is 6.62. The first-order valence-corrected chi connectivity index (χ1v) is 7.59. The summed E-state index contributed by atoms with van der Waals surface area (Å²) in [5.41, 5.74) is -0.0244. The summed E-state index contributed by atoms with van der Waals surface area (Å²) in [6.07, 6.45) is -0.178. The summed E-state index contributed by atoms with van der Waals surface area (Å²) in [4.78, 5) is 14.3. The van der Waals surface area contributed by atoms with E-state index in [1.54, 1.807) is 23.1 Å². The maximum Gasteiger partial charge on any atom is 0.255 e. The quantitative estimate of drug-likeness (QED) is 0.768. The van der Waals surface area contributed by atoms with Crippen LogP contribution in [0.4, 0.5) is 0 Å². The lowest BCUT2D eigenvalue weighted by atomic mass is 10.0. The van der Waals surface area contributed by atoms with E-state index in [1.165, 1.54) is 0 Å². The minimum atomic E-state index is -0.432. The van der Waals surface area contributed by atoms with Crippen molar-refractivity contribution >= 4 is 40.7 Å². The molecule has 0 aliphatic carbocycles. The molecule has 1 atom stereocenters. The topological polar surface area (TPSA) is 29.5 Å². The number of rotatable bonds is 2. The lowest BCUT2D eigenvalue weighted by molar-refractivity contribution is -0.117. The number of hydrogen-bond acceptors (Lipinski definition) is 2. The van der Waals surface area contributed by atoms with Crippen molar-refractivity contribution in [3.63, 3.8) is 0 Å². The zero-order valence-corrected chi connectivity index (χ0v) is 13.6. The summed E-state index contributed by atoms with van der Waals surface area (Å²) in [5, 5.41) is 0.880. The fourth-order valence-electron chi connectivity index (χ4n) is 2.36. The predicted molar refractivity (Wildman–Crippen MR) is 82.0 cm³/mol. The van der Waals surface area contributed by atoms with Gasteiger partial charge in [0.15, 0.2) is 0 Å². The summed E-state index contributed by atoms with van der Waals surface area (Å²) in [7, 11) is 0. The third-order valence-electron chi connectivity index (χ3n) is 3.10. The molecule has 20 heavy (non-hydrogen) atoms. The van der Waals surface area contributed by atoms with E-state index in [9.17, 15) is 4.79 Å². The van der Waals surface area contributed by atoms with Crippen LogP contribution in [-0.4, -0.2) is 41.5 Å². The molecule has 1 saturated heterocycles. The van der Waals surface area contributed by atoms with Crippen molar-refractivity contribution in [2.75, 3.05) is 19.0 Å². The van der Waals surface area contributed by atoms with E-state index < -0.39 is 5.60 Å². The van der Waals surface area contributed by atoms with Crippen molar-refractivity contribution in [1.29, 1.82) is 0 Å². The molecule has 1 aliphatic heterocycles. The zero-order valence-electron chi connectivity index (χ0n) is 11.3. The van der Waals surface area contributed by atoms with Gasteiger partial charge in [0.25, 0.3) is 5.91 Å². The number of morpholine rings is 1. The van der Waals surface area contributed by atoms with Gasteiger partial charge in [0.05, 0.1) is 28.2 Å². The van der Waals surface area contributed by atoms with Crippen molar-refractivity contribution in [2.24, 2.45) is 0 Å². The van der Waals surface area contributed by atoms with Gasteiger partial charge in [0, 0.05) is 18.1 Å². The molecule has 0 aromatic heterocycles. The Morgan fingerprint density at radius 3 is 2.80 bits per heavy atom. The highest BCUT2D eigenvalue weighted by Gasteiger charge is 2.36. The molecule has 1 aromatic carbocycles. The molecule has 6 heteroatoms. The van der Waals surface area contributed by atoms with Crippen LogP contribution in [0.3, 0.4) is 0 Å². The first-order valence-electron chi connectivity index (χ1n) is 6.30. The van der Waals surface area contributed by atoms with Gasteiger partial charge < -0.3 is 9.64 Å². The molecular formula is C14H16Cl3NO2. The molecule has 0 saturated carbocycles. The number of benzene rings is 1. The highest BCUT2D eigenvalue weighted by molar-refractivity contribution is 6.35. The largest absolute Gasteiger partial charge is 0.367 e. The molecule has 0 spiro atoms. The second-order valence-electron chi connectivity index (χ2n) is 5.46. The van der Waals surface area contributed by atoms with E-state index in [4.69, 9.17) is 39.5 Å². The van der Waals surface area contributed by atoms with Crippen LogP contribution < -0.4 is 0 Å². The van der Waals surface area contributed by atoms with Gasteiger partial charge in [-0.15, -0.1) is 11.6 Å². The maximum atomic E-state index is 12.6. The fraction of sp³-hybridized carbons (Fsp3) is 0.500. The van der Waals surface area contributed by atoms with Crippen LogP contribution in [-0.2, 0) is 4.74 Å². The van der Waals surface area contributed by atoms with Gasteiger partial charge in [0.2, 0.25) is 0 Å². The summed E-state index contributed by atoms with van der Waals surface area (Å²) in [6.45, 7) is 4.81. The lowest BCUT2D eigenvalue weighted by Gasteiger charge is -2.42. The van der Waals surface area contributed by atoms with E-state index in [-0.39, 0.29) is 12.0 Å². The van der Waals surface area contributed by atoms with E-state index >= 15 is 0 Å². The number of nitrogens with zero attached hydrogens (tertiary/aromatic N) is 1. The predicted octanol–water partition coefficient (Wildman–Crippen LogP) is 3.85. The van der Waals surface area contributed by atoms with E-state index in [2.05, 4.69) is 0 Å². The van der Waals surface area contributed by atoms with Crippen molar-refractivity contribution < 1.29 is 9.53 Å². The molecule has 0 bridgehead atoms. The number of halogens is 3. The first kappa shape index (κ1) is 15.9. The van der Waals surface area contributed by atoms with Crippen LogP contribution in [0.5, 0.6) is 0 Å². The molecule has 1 heterocycles. The number of hydrogen-bond donors (Lipinski definition) is 0. The Hall–Kier alpha value is -0.480. The van der Waals surface area contributed by atoms with E-state index in [0.29, 0.717) is 34.6 Å². The summed E-state index contributed by atoms with van der Waals surface area (Å²) in [6, 6.07) is 4.87. The molecule has 0 radical (unpaired) electrons. The molecule has 1 aromatic rings. The Morgan fingerprint density at radius 2 is 2.15 bits per heavy atom. The molecule has 1 amide bonds. The van der Waals surface area contributed by atoms with Crippen molar-refractivity contribution in [3.05, 3.63) is 33.8 Å². The Bertz CT molecular complexity index is 519. The number of amides is 1. The van der Waals surface area contributed by atoms with Crippen molar-refractivity contribution in [2.45, 2.75) is 25.6 Å². The van der Waals surface area contributed by atoms with Crippen LogP contribution in [0.25, 0.3) is 0 Å². The highest BCUT2D eigenvalue weighted by Crippen LogP contribution is 2.26. The van der Waals surface area contributed by atoms with Gasteiger partial charge in [-0.25, -0.2) is 0 Å². The van der Waals surface area contributed by atoms with Crippen LogP contribution >= 0.6 is 34.8 Å². The molecular weight excluding hydrogens is 321 g/mol. The number of carbonyl (C=O) groups excluding carboxylic acids is 1. The monoisotopic (exact) mass is 335 g/mol. The van der Waals surface area contributed by atoms with Crippen molar-refractivity contribution in [3.8, 4) is 0 Å². The Labute approximate surface area is 133 Å². The van der Waals surface area contributed by atoms with Gasteiger partial charge in [-0.2, -0.15) is 0 Å². The van der Waals surface area contributed by atoms with Gasteiger partial charge in [-0.3, -0.25) is 4.79 Å². The normalized spacial score (nSPS) is 21.9. The molecule has 1 aliphatic rings. The third kappa shape index (κ3) is 3.59. The third-order valence-corrected chi connectivity index (χ3v) is 4.01. The maximum absolute atomic E-state index is 12.6. The smallest absolute Gasteiger partial charge is 0.255 e. The summed E-state index contributed by atoms with van der Waals surface area (Å²) < 4.78 is 5.81. The first-order chi connectivity index (χ1) is 9.32. The van der Waals surface area contributed by atoms with Gasteiger partial charge in [-0.1, -0.05) is 23.2 Å². The lowest BCUT2D eigenvalue weighted by Crippen LogP contribution is -2.55. The average Bonchev–Trinajstić information content (AvgIpc) is 2.38. The fourth-order valence-corrected chi connectivity index (χ4v) is 2.89. The Balaban J connectivity index is 2.25. The van der Waals surface area contributed by atoms with Crippen LogP contribution in [0.15, 0.2) is 18.2 Å². The van der Waals surface area contributed by atoms with Gasteiger partial charge in [-0.05, 0) is 32.0 Å². The van der Waals surface area contributed by atoms with E-state index in [0.717, 1.165) is 0 Å². The average molecular weight is 337 g/mol. The standard InChI is InChI=1S/C14H16Cl3NO2/c1-14(2)8-18(7-10(6-15)20-14)13(19)11-5-9(16)3-4-12(11)17/h3-5,10H,6-8H2,1-2H3. The molecule has 1 fully saturated rings. The zero-order chi connectivity index (χ0) is 14.9. The van der Waals surface area contributed by atoms with Gasteiger partial charge >= 0.3 is 0 Å². The van der Waals surface area contributed by atoms with Crippen LogP contribution in [0.1, 0.15) is 24.2 Å². The summed E-state index contributed by atoms with van der Waals surface area (Å²) >= 11 is 17.9. The number of alkyl halides is 1. The number of carbonyl (C=O) groups is 1. The second kappa shape index (κ2) is 6.10. The Morgan fingerprint density at radius 1 is 1.45 bits per heavy atom. The molecule has 110 valence electrons. The Kier molecular flexibility index (Phi) is 4.85. The van der Waals surface area contributed by atoms with Crippen molar-refractivity contribution in [1.82, 2.24) is 4.90 Å². The molecule has 1 unspecified atom stereocenters. The van der Waals surface area contributed by atoms with Crippen LogP contribution in [0.2, 0.25) is 10.0 Å². The summed E-state index contributed by atoms with van der Waals surface area (Å²) in [5.74, 6) is 0.195. The highest BCUT2D eigenvalue weighted by atomic mass is 35.5. The minimum Gasteiger partial charge on any atom is -0.367 e. The van der Waals surface area contributed by atoms with Crippen LogP contribution in [0, 0.1) is 0 Å².